The van der Waals surface area contributed by atoms with E-state index >= 15 is 0 Å². The van der Waals surface area contributed by atoms with Gasteiger partial charge < -0.3 is 0 Å². The molecule has 0 aliphatic carbocycles. The number of thioether (sulfide) groups is 1. The number of hydrogen-bond donors (Lipinski definition) is 0. The monoisotopic (exact) mass is 230 g/mol. The van der Waals surface area contributed by atoms with Gasteiger partial charge in [-0.25, -0.2) is 0 Å². The summed E-state index contributed by atoms with van der Waals surface area (Å²) in [5, 5.41) is 0. The van der Waals surface area contributed by atoms with Crippen LogP contribution in [0.15, 0.2) is 0 Å². The van der Waals surface area contributed by atoms with Gasteiger partial charge in [0.25, 0.3) is 0 Å². The summed E-state index contributed by atoms with van der Waals surface area (Å²) in [6.45, 7) is 21.1. The lowest BCUT2D eigenvalue weighted by molar-refractivity contribution is 0.232. The van der Waals surface area contributed by atoms with Crippen LogP contribution in [0.2, 0.25) is 0 Å². The maximum atomic E-state index is 2.38. The van der Waals surface area contributed by atoms with Crippen LogP contribution < -0.4 is 0 Å². The highest BCUT2D eigenvalue weighted by molar-refractivity contribution is 8.01. The lowest BCUT2D eigenvalue weighted by Crippen LogP contribution is -2.30. The molecule has 0 heterocycles. The zero-order chi connectivity index (χ0) is 12.5. The first kappa shape index (κ1) is 15.3. The molecule has 0 fully saturated rings. The molecular formula is C14H30S. The predicted octanol–water partition coefficient (Wildman–Crippen LogP) is 5.37. The summed E-state index contributed by atoms with van der Waals surface area (Å²) in [6.07, 6.45) is 1.29. The summed E-state index contributed by atoms with van der Waals surface area (Å²) in [6, 6.07) is 0. The highest BCUT2D eigenvalue weighted by atomic mass is 32.2. The van der Waals surface area contributed by atoms with Crippen LogP contribution in [0.5, 0.6) is 0 Å². The number of hydrogen-bond acceptors (Lipinski definition) is 1. The topological polar surface area (TPSA) is 0 Å². The summed E-state index contributed by atoms with van der Waals surface area (Å²) in [7, 11) is 0. The van der Waals surface area contributed by atoms with Gasteiger partial charge in [-0.2, -0.15) is 0 Å². The van der Waals surface area contributed by atoms with E-state index in [1.54, 1.807) is 0 Å². The van der Waals surface area contributed by atoms with Crippen molar-refractivity contribution in [2.24, 2.45) is 11.3 Å². The second-order valence-corrected chi connectivity index (χ2v) is 9.98. The minimum absolute atomic E-state index is 0.362. The van der Waals surface area contributed by atoms with Crippen LogP contribution in [-0.4, -0.2) is 9.49 Å². The second kappa shape index (κ2) is 4.69. The minimum Gasteiger partial charge on any atom is -0.150 e. The quantitative estimate of drug-likeness (QED) is 0.628. The molecule has 0 aromatic carbocycles. The van der Waals surface area contributed by atoms with Gasteiger partial charge in [0, 0.05) is 9.49 Å². The molecule has 1 heteroatoms. The Kier molecular flexibility index (Phi) is 4.80. The van der Waals surface area contributed by atoms with Gasteiger partial charge in [0.1, 0.15) is 0 Å². The summed E-state index contributed by atoms with van der Waals surface area (Å²) < 4.78 is 0.742. The Bertz CT molecular complexity index is 190. The van der Waals surface area contributed by atoms with E-state index in [1.165, 1.54) is 6.42 Å². The van der Waals surface area contributed by atoms with Crippen molar-refractivity contribution in [2.75, 3.05) is 0 Å². The van der Waals surface area contributed by atoms with E-state index in [0.29, 0.717) is 14.9 Å². The fourth-order valence-corrected chi connectivity index (χ4v) is 3.91. The van der Waals surface area contributed by atoms with Crippen molar-refractivity contribution in [1.29, 1.82) is 0 Å². The molecule has 0 N–H and O–H groups in total. The third-order valence-corrected chi connectivity index (χ3v) is 4.19. The Labute approximate surface area is 102 Å². The van der Waals surface area contributed by atoms with Crippen LogP contribution in [0.25, 0.3) is 0 Å². The third kappa shape index (κ3) is 7.27. The van der Waals surface area contributed by atoms with Crippen molar-refractivity contribution >= 4 is 11.8 Å². The molecule has 0 aliphatic heterocycles. The van der Waals surface area contributed by atoms with Crippen molar-refractivity contribution in [3.05, 3.63) is 0 Å². The summed E-state index contributed by atoms with van der Waals surface area (Å²) in [5.41, 5.74) is 0.426. The van der Waals surface area contributed by atoms with Gasteiger partial charge in [-0.15, -0.1) is 11.8 Å². The Morgan fingerprint density at radius 3 is 1.53 bits per heavy atom. The molecule has 0 spiro atoms. The van der Waals surface area contributed by atoms with E-state index in [1.807, 2.05) is 0 Å². The molecule has 0 rings (SSSR count). The van der Waals surface area contributed by atoms with Crippen molar-refractivity contribution in [2.45, 2.75) is 78.2 Å². The first-order chi connectivity index (χ1) is 6.33. The van der Waals surface area contributed by atoms with Crippen LogP contribution in [0.4, 0.5) is 0 Å². The summed E-state index contributed by atoms with van der Waals surface area (Å²) in [4.78, 5) is 0. The van der Waals surface area contributed by atoms with E-state index in [-0.39, 0.29) is 0 Å². The largest absolute Gasteiger partial charge is 0.150 e. The maximum absolute atomic E-state index is 2.38. The normalized spacial score (nSPS) is 16.6. The van der Waals surface area contributed by atoms with Crippen molar-refractivity contribution in [1.82, 2.24) is 0 Å². The van der Waals surface area contributed by atoms with E-state index in [0.717, 1.165) is 5.92 Å². The lowest BCUT2D eigenvalue weighted by atomic mass is 9.77. The molecule has 0 aromatic rings. The van der Waals surface area contributed by atoms with Gasteiger partial charge in [-0.05, 0) is 17.8 Å². The van der Waals surface area contributed by atoms with Gasteiger partial charge in [0.2, 0.25) is 0 Å². The first-order valence-electron chi connectivity index (χ1n) is 6.04. The molecule has 0 bridgehead atoms. The maximum Gasteiger partial charge on any atom is 0.0111 e. The number of rotatable bonds is 3. The van der Waals surface area contributed by atoms with Gasteiger partial charge in [0.05, 0.1) is 0 Å². The summed E-state index contributed by atoms with van der Waals surface area (Å²) in [5.74, 6) is 0.766. The molecule has 15 heavy (non-hydrogen) atoms. The second-order valence-electron chi connectivity index (χ2n) is 7.45. The van der Waals surface area contributed by atoms with Crippen molar-refractivity contribution < 1.29 is 0 Å². The molecule has 1 unspecified atom stereocenters. The van der Waals surface area contributed by atoms with E-state index < -0.39 is 0 Å². The molecule has 92 valence electrons. The van der Waals surface area contributed by atoms with E-state index in [2.05, 4.69) is 74.1 Å². The van der Waals surface area contributed by atoms with Crippen LogP contribution >= 0.6 is 11.8 Å². The molecule has 0 radical (unpaired) electrons. The zero-order valence-corrected chi connectivity index (χ0v) is 13.0. The van der Waals surface area contributed by atoms with E-state index in [9.17, 15) is 0 Å². The van der Waals surface area contributed by atoms with Crippen LogP contribution in [0.3, 0.4) is 0 Å². The standard InChI is InChI=1S/C14H30S/c1-11(12(2,3)4)10-14(8,9)15-13(5,6)7/h11H,10H2,1-9H3. The molecule has 0 saturated carbocycles. The molecule has 0 aromatic heterocycles. The molecule has 0 nitrogen and oxygen atoms in total. The third-order valence-electron chi connectivity index (χ3n) is 2.86. The van der Waals surface area contributed by atoms with Crippen LogP contribution in [0, 0.1) is 11.3 Å². The predicted molar refractivity (Wildman–Crippen MR) is 74.7 cm³/mol. The van der Waals surface area contributed by atoms with Crippen molar-refractivity contribution in [3.63, 3.8) is 0 Å². The Morgan fingerprint density at radius 2 is 1.27 bits per heavy atom. The van der Waals surface area contributed by atoms with Gasteiger partial charge in [0.15, 0.2) is 0 Å². The average molecular weight is 230 g/mol. The molecule has 0 amide bonds. The molecule has 0 saturated heterocycles. The first-order valence-corrected chi connectivity index (χ1v) is 6.85. The van der Waals surface area contributed by atoms with Gasteiger partial charge in [-0.3, -0.25) is 0 Å². The Balaban J connectivity index is 4.39. The average Bonchev–Trinajstić information content (AvgIpc) is 1.76. The van der Waals surface area contributed by atoms with Crippen LogP contribution in [-0.2, 0) is 0 Å². The van der Waals surface area contributed by atoms with Gasteiger partial charge in [-0.1, -0.05) is 62.3 Å². The summed E-state index contributed by atoms with van der Waals surface area (Å²) >= 11 is 2.10. The van der Waals surface area contributed by atoms with Crippen LogP contribution in [0.1, 0.15) is 68.7 Å². The smallest absolute Gasteiger partial charge is 0.0111 e. The highest BCUT2D eigenvalue weighted by Crippen LogP contribution is 2.43. The highest BCUT2D eigenvalue weighted by Gasteiger charge is 2.31. The fourth-order valence-electron chi connectivity index (χ4n) is 1.91. The molecular weight excluding hydrogens is 200 g/mol. The zero-order valence-electron chi connectivity index (χ0n) is 12.2. The van der Waals surface area contributed by atoms with Gasteiger partial charge >= 0.3 is 0 Å². The van der Waals surface area contributed by atoms with Crippen molar-refractivity contribution in [3.8, 4) is 0 Å². The molecule has 1 atom stereocenters. The Hall–Kier alpha value is 0.350. The lowest BCUT2D eigenvalue weighted by Gasteiger charge is -2.38. The van der Waals surface area contributed by atoms with E-state index in [4.69, 9.17) is 0 Å². The molecule has 0 aliphatic rings. The Morgan fingerprint density at radius 1 is 0.867 bits per heavy atom. The minimum atomic E-state index is 0.362. The fraction of sp³-hybridized carbons (Fsp3) is 1.00. The SMILES string of the molecule is CC(CC(C)(C)SC(C)(C)C)C(C)(C)C.